The molecule has 0 amide bonds. The highest BCUT2D eigenvalue weighted by Crippen LogP contribution is 2.21. The molecular formula is C22H31ClIN5. The van der Waals surface area contributed by atoms with Gasteiger partial charge in [0, 0.05) is 50.0 Å². The van der Waals surface area contributed by atoms with Gasteiger partial charge in [0.1, 0.15) is 0 Å². The quantitative estimate of drug-likeness (QED) is 0.325. The van der Waals surface area contributed by atoms with Crippen LogP contribution in [0.4, 0.5) is 0 Å². The number of aliphatic imine (C=N–C) groups is 1. The van der Waals surface area contributed by atoms with Crippen molar-refractivity contribution < 1.29 is 0 Å². The third-order valence-corrected chi connectivity index (χ3v) is 5.61. The number of likely N-dealkylation sites (tertiary alicyclic amines) is 1. The van der Waals surface area contributed by atoms with E-state index >= 15 is 0 Å². The molecule has 1 aromatic heterocycles. The molecule has 29 heavy (non-hydrogen) atoms. The van der Waals surface area contributed by atoms with Crippen LogP contribution in [0.25, 0.3) is 0 Å². The lowest BCUT2D eigenvalue weighted by Gasteiger charge is -2.32. The average molecular weight is 528 g/mol. The molecule has 0 aliphatic carbocycles. The Labute approximate surface area is 196 Å². The van der Waals surface area contributed by atoms with E-state index in [4.69, 9.17) is 11.6 Å². The first kappa shape index (κ1) is 23.9. The Morgan fingerprint density at radius 1 is 1.14 bits per heavy atom. The fraction of sp³-hybridized carbons (Fsp3) is 0.455. The molecule has 0 unspecified atom stereocenters. The molecule has 0 atom stereocenters. The van der Waals surface area contributed by atoms with Gasteiger partial charge in [-0.1, -0.05) is 35.9 Å². The van der Waals surface area contributed by atoms with Crippen molar-refractivity contribution in [3.8, 4) is 0 Å². The third-order valence-electron chi connectivity index (χ3n) is 5.24. The van der Waals surface area contributed by atoms with Crippen molar-refractivity contribution in [3.63, 3.8) is 0 Å². The first-order valence-electron chi connectivity index (χ1n) is 10.0. The first-order valence-corrected chi connectivity index (χ1v) is 10.4. The molecule has 0 bridgehead atoms. The molecule has 1 aromatic carbocycles. The minimum absolute atomic E-state index is 0. The standard InChI is InChI=1S/C22H30ClN5.HI/c1-24-22(26-13-9-20-7-4-5-12-25-20)27-16-18-10-14-28(15-11-18)17-19-6-2-3-8-21(19)23;/h2-8,12,18H,9-11,13-17H2,1H3,(H2,24,26,27);1H. The SMILES string of the molecule is CN=C(NCCc1ccccn1)NCC1CCN(Cc2ccccc2Cl)CC1.I. The number of guanidine groups is 1. The Kier molecular flexibility index (Phi) is 10.7. The fourth-order valence-electron chi connectivity index (χ4n) is 3.53. The fourth-order valence-corrected chi connectivity index (χ4v) is 3.73. The zero-order chi connectivity index (χ0) is 19.6. The molecule has 1 aliphatic rings. The summed E-state index contributed by atoms with van der Waals surface area (Å²) in [4.78, 5) is 11.2. The number of benzene rings is 1. The van der Waals surface area contributed by atoms with Crippen LogP contribution in [0.2, 0.25) is 5.02 Å². The number of nitrogens with zero attached hydrogens (tertiary/aromatic N) is 3. The third kappa shape index (κ3) is 8.10. The molecule has 7 heteroatoms. The Balaban J connectivity index is 0.00000300. The molecule has 158 valence electrons. The summed E-state index contributed by atoms with van der Waals surface area (Å²) in [5.74, 6) is 1.55. The maximum atomic E-state index is 6.29. The summed E-state index contributed by atoms with van der Waals surface area (Å²) in [7, 11) is 1.82. The Bertz CT molecular complexity index is 748. The van der Waals surface area contributed by atoms with Crippen molar-refractivity contribution in [3.05, 3.63) is 64.9 Å². The van der Waals surface area contributed by atoms with Crippen LogP contribution >= 0.6 is 35.6 Å². The van der Waals surface area contributed by atoms with Gasteiger partial charge < -0.3 is 10.6 Å². The summed E-state index contributed by atoms with van der Waals surface area (Å²) >= 11 is 6.29. The number of rotatable bonds is 7. The van der Waals surface area contributed by atoms with E-state index in [9.17, 15) is 0 Å². The van der Waals surface area contributed by atoms with E-state index in [1.54, 1.807) is 0 Å². The minimum atomic E-state index is 0. The van der Waals surface area contributed by atoms with E-state index in [1.165, 1.54) is 18.4 Å². The molecule has 0 radical (unpaired) electrons. The number of aromatic nitrogens is 1. The maximum absolute atomic E-state index is 6.29. The second-order valence-corrected chi connectivity index (χ2v) is 7.67. The van der Waals surface area contributed by atoms with Crippen molar-refractivity contribution in [2.24, 2.45) is 10.9 Å². The van der Waals surface area contributed by atoms with Gasteiger partial charge in [0.25, 0.3) is 0 Å². The zero-order valence-corrected chi connectivity index (χ0v) is 20.1. The molecule has 2 N–H and O–H groups in total. The van der Waals surface area contributed by atoms with Crippen molar-refractivity contribution in [2.45, 2.75) is 25.8 Å². The van der Waals surface area contributed by atoms with Gasteiger partial charge in [-0.2, -0.15) is 0 Å². The summed E-state index contributed by atoms with van der Waals surface area (Å²) in [5, 5.41) is 7.72. The summed E-state index contributed by atoms with van der Waals surface area (Å²) in [6, 6.07) is 14.2. The summed E-state index contributed by atoms with van der Waals surface area (Å²) in [6.45, 7) is 4.96. The van der Waals surface area contributed by atoms with Gasteiger partial charge in [0.15, 0.2) is 5.96 Å². The van der Waals surface area contributed by atoms with Crippen LogP contribution in [-0.4, -0.2) is 49.1 Å². The number of halogens is 2. The van der Waals surface area contributed by atoms with Crippen LogP contribution in [0.3, 0.4) is 0 Å². The summed E-state index contributed by atoms with van der Waals surface area (Å²) < 4.78 is 0. The highest BCUT2D eigenvalue weighted by molar-refractivity contribution is 14.0. The first-order chi connectivity index (χ1) is 13.7. The Morgan fingerprint density at radius 3 is 2.59 bits per heavy atom. The van der Waals surface area contributed by atoms with E-state index in [0.29, 0.717) is 5.92 Å². The second kappa shape index (κ2) is 13.0. The molecule has 2 aromatic rings. The van der Waals surface area contributed by atoms with Gasteiger partial charge in [-0.25, -0.2) is 0 Å². The number of hydrogen-bond acceptors (Lipinski definition) is 3. The van der Waals surface area contributed by atoms with Gasteiger partial charge in [-0.15, -0.1) is 24.0 Å². The van der Waals surface area contributed by atoms with Crippen LogP contribution in [0, 0.1) is 5.92 Å². The molecule has 1 aliphatic heterocycles. The van der Waals surface area contributed by atoms with E-state index < -0.39 is 0 Å². The van der Waals surface area contributed by atoms with E-state index in [2.05, 4.69) is 37.6 Å². The van der Waals surface area contributed by atoms with E-state index in [0.717, 1.165) is 55.8 Å². The average Bonchev–Trinajstić information content (AvgIpc) is 2.74. The van der Waals surface area contributed by atoms with Gasteiger partial charge in [0.05, 0.1) is 0 Å². The van der Waals surface area contributed by atoms with Crippen LogP contribution in [-0.2, 0) is 13.0 Å². The summed E-state index contributed by atoms with van der Waals surface area (Å²) in [6.07, 6.45) is 5.12. The number of pyridine rings is 1. The number of piperidine rings is 1. The molecule has 0 saturated carbocycles. The zero-order valence-electron chi connectivity index (χ0n) is 17.0. The van der Waals surface area contributed by atoms with Crippen molar-refractivity contribution in [1.82, 2.24) is 20.5 Å². The van der Waals surface area contributed by atoms with E-state index in [-0.39, 0.29) is 24.0 Å². The lowest BCUT2D eigenvalue weighted by atomic mass is 9.96. The Hall–Kier alpha value is -1.38. The van der Waals surface area contributed by atoms with Crippen molar-refractivity contribution >= 4 is 41.5 Å². The van der Waals surface area contributed by atoms with Crippen LogP contribution in [0.5, 0.6) is 0 Å². The molecule has 2 heterocycles. The molecule has 5 nitrogen and oxygen atoms in total. The predicted octanol–water partition coefficient (Wildman–Crippen LogP) is 3.97. The topological polar surface area (TPSA) is 52.6 Å². The van der Waals surface area contributed by atoms with Crippen molar-refractivity contribution in [1.29, 1.82) is 0 Å². The lowest BCUT2D eigenvalue weighted by molar-refractivity contribution is 0.178. The molecule has 3 rings (SSSR count). The van der Waals surface area contributed by atoms with Gasteiger partial charge in [0.2, 0.25) is 0 Å². The van der Waals surface area contributed by atoms with Crippen molar-refractivity contribution in [2.75, 3.05) is 33.2 Å². The van der Waals surface area contributed by atoms with Gasteiger partial charge in [-0.3, -0.25) is 14.9 Å². The van der Waals surface area contributed by atoms with Crippen LogP contribution in [0.1, 0.15) is 24.1 Å². The molecule has 1 saturated heterocycles. The smallest absolute Gasteiger partial charge is 0.190 e. The largest absolute Gasteiger partial charge is 0.356 e. The number of hydrogen-bond donors (Lipinski definition) is 2. The highest BCUT2D eigenvalue weighted by atomic mass is 127. The van der Waals surface area contributed by atoms with Crippen LogP contribution < -0.4 is 10.6 Å². The molecule has 1 fully saturated rings. The van der Waals surface area contributed by atoms with Gasteiger partial charge in [-0.05, 0) is 55.6 Å². The monoisotopic (exact) mass is 527 g/mol. The van der Waals surface area contributed by atoms with Gasteiger partial charge >= 0.3 is 0 Å². The predicted molar refractivity (Wildman–Crippen MR) is 132 cm³/mol. The molecular weight excluding hydrogens is 497 g/mol. The maximum Gasteiger partial charge on any atom is 0.190 e. The normalized spacial score (nSPS) is 15.6. The highest BCUT2D eigenvalue weighted by Gasteiger charge is 2.20. The number of nitrogens with one attached hydrogen (secondary N) is 2. The summed E-state index contributed by atoms with van der Waals surface area (Å²) in [5.41, 5.74) is 2.31. The lowest BCUT2D eigenvalue weighted by Crippen LogP contribution is -2.43. The Morgan fingerprint density at radius 2 is 1.90 bits per heavy atom. The van der Waals surface area contributed by atoms with Crippen LogP contribution in [0.15, 0.2) is 53.7 Å². The second-order valence-electron chi connectivity index (χ2n) is 7.26. The van der Waals surface area contributed by atoms with E-state index in [1.807, 2.05) is 43.6 Å². The minimum Gasteiger partial charge on any atom is -0.356 e. The molecule has 0 spiro atoms.